The maximum absolute atomic E-state index is 12.8. The maximum Gasteiger partial charge on any atom is 0.240 e. The van der Waals surface area contributed by atoms with Gasteiger partial charge in [-0.1, -0.05) is 18.5 Å². The van der Waals surface area contributed by atoms with Crippen LogP contribution in [0.4, 0.5) is 0 Å². The van der Waals surface area contributed by atoms with Gasteiger partial charge in [-0.15, -0.1) is 0 Å². The third kappa shape index (κ3) is 3.78. The third-order valence-corrected chi connectivity index (χ3v) is 7.42. The number of benzene rings is 1. The van der Waals surface area contributed by atoms with Crippen LogP contribution in [0.3, 0.4) is 0 Å². The zero-order chi connectivity index (χ0) is 18.9. The molecular weight excluding hydrogens is 378 g/mol. The Bertz CT molecular complexity index is 795. The first-order chi connectivity index (χ1) is 12.3. The summed E-state index contributed by atoms with van der Waals surface area (Å²) in [6, 6.07) is 3.30. The average molecular weight is 402 g/mol. The summed E-state index contributed by atoms with van der Waals surface area (Å²) >= 11 is 6.13. The van der Waals surface area contributed by atoms with Crippen molar-refractivity contribution in [2.45, 2.75) is 56.6 Å². The summed E-state index contributed by atoms with van der Waals surface area (Å²) in [5, 5.41) is -0.773. The maximum atomic E-state index is 12.8. The highest BCUT2D eigenvalue weighted by atomic mass is 35.5. The van der Waals surface area contributed by atoms with E-state index in [1.807, 2.05) is 6.92 Å². The van der Waals surface area contributed by atoms with Gasteiger partial charge in [0.05, 0.1) is 10.8 Å². The monoisotopic (exact) mass is 401 g/mol. The summed E-state index contributed by atoms with van der Waals surface area (Å²) in [5.41, 5.74) is 0.490. The molecule has 0 spiro atoms. The normalized spacial score (nSPS) is 20.9. The summed E-state index contributed by atoms with van der Waals surface area (Å²) in [7, 11) is -3.67. The fourth-order valence-electron chi connectivity index (χ4n) is 3.56. The van der Waals surface area contributed by atoms with E-state index in [9.17, 15) is 13.2 Å². The van der Waals surface area contributed by atoms with Crippen LogP contribution in [0.1, 0.15) is 45.1 Å². The number of rotatable bonds is 5. The number of sulfone groups is 1. The molecule has 1 aromatic carbocycles. The van der Waals surface area contributed by atoms with Gasteiger partial charge in [-0.2, -0.15) is 0 Å². The third-order valence-electron chi connectivity index (χ3n) is 5.12. The minimum absolute atomic E-state index is 0.0630. The van der Waals surface area contributed by atoms with Gasteiger partial charge >= 0.3 is 0 Å². The number of hydrogen-bond acceptors (Lipinski definition) is 5. The first kappa shape index (κ1) is 19.3. The summed E-state index contributed by atoms with van der Waals surface area (Å²) in [6.07, 6.45) is 3.79. The van der Waals surface area contributed by atoms with E-state index in [1.54, 1.807) is 17.0 Å². The van der Waals surface area contributed by atoms with Gasteiger partial charge in [0, 0.05) is 12.6 Å². The average Bonchev–Trinajstić information content (AvgIpc) is 3.09. The Morgan fingerprint density at radius 3 is 2.85 bits per heavy atom. The first-order valence-electron chi connectivity index (χ1n) is 8.93. The second-order valence-corrected chi connectivity index (χ2v) is 9.58. The summed E-state index contributed by atoms with van der Waals surface area (Å²) in [5.74, 6) is 0.296. The molecule has 26 heavy (non-hydrogen) atoms. The van der Waals surface area contributed by atoms with Crippen LogP contribution >= 0.6 is 11.6 Å². The number of halogens is 1. The van der Waals surface area contributed by atoms with Gasteiger partial charge in [-0.25, -0.2) is 8.42 Å². The van der Waals surface area contributed by atoms with E-state index < -0.39 is 15.1 Å². The van der Waals surface area contributed by atoms with Crippen LogP contribution in [0.5, 0.6) is 11.5 Å². The van der Waals surface area contributed by atoms with E-state index in [4.69, 9.17) is 21.1 Å². The van der Waals surface area contributed by atoms with Crippen LogP contribution in [0.15, 0.2) is 12.1 Å². The van der Waals surface area contributed by atoms with E-state index in [1.165, 1.54) is 6.92 Å². The standard InChI is InChI=1S/C18H24ClNO5S/c1-3-14-6-4-5-7-20(14)18(21)12(2)26(22,23)10-13-8-15(19)17-16(9-13)24-11-25-17/h8-9,12,14H,3-7,10-11H2,1-2H3. The van der Waals surface area contributed by atoms with E-state index in [0.29, 0.717) is 28.6 Å². The van der Waals surface area contributed by atoms with Gasteiger partial charge in [0.25, 0.3) is 0 Å². The van der Waals surface area contributed by atoms with Gasteiger partial charge in [0.15, 0.2) is 21.3 Å². The van der Waals surface area contributed by atoms with Crippen molar-refractivity contribution in [1.82, 2.24) is 4.90 Å². The molecule has 3 rings (SSSR count). The molecule has 0 N–H and O–H groups in total. The van der Waals surface area contributed by atoms with Crippen LogP contribution in [0, 0.1) is 0 Å². The number of nitrogens with zero attached hydrogens (tertiary/aromatic N) is 1. The van der Waals surface area contributed by atoms with Gasteiger partial charge in [-0.3, -0.25) is 4.79 Å². The molecule has 2 aliphatic heterocycles. The molecular formula is C18H24ClNO5S. The quantitative estimate of drug-likeness (QED) is 0.757. The lowest BCUT2D eigenvalue weighted by Crippen LogP contribution is -2.49. The van der Waals surface area contributed by atoms with E-state index in [-0.39, 0.29) is 24.5 Å². The Hall–Kier alpha value is -1.47. The molecule has 144 valence electrons. The molecule has 0 aliphatic carbocycles. The predicted molar refractivity (Wildman–Crippen MR) is 99.3 cm³/mol. The lowest BCUT2D eigenvalue weighted by Gasteiger charge is -2.36. The SMILES string of the molecule is CCC1CCCCN1C(=O)C(C)S(=O)(=O)Cc1cc(Cl)c2c(c1)OCO2. The van der Waals surface area contributed by atoms with Gasteiger partial charge < -0.3 is 14.4 Å². The van der Waals surface area contributed by atoms with Crippen molar-refractivity contribution in [3.63, 3.8) is 0 Å². The van der Waals surface area contributed by atoms with Crippen LogP contribution in [-0.2, 0) is 20.4 Å². The molecule has 0 radical (unpaired) electrons. The number of fused-ring (bicyclic) bond motifs is 1. The number of ether oxygens (including phenoxy) is 2. The minimum atomic E-state index is -3.67. The fourth-order valence-corrected chi connectivity index (χ4v) is 5.18. The van der Waals surface area contributed by atoms with Crippen molar-refractivity contribution in [2.24, 2.45) is 0 Å². The van der Waals surface area contributed by atoms with Crippen LogP contribution < -0.4 is 9.47 Å². The summed E-state index contributed by atoms with van der Waals surface area (Å²) in [4.78, 5) is 14.6. The number of carbonyl (C=O) groups is 1. The van der Waals surface area contributed by atoms with Crippen LogP contribution in [0.25, 0.3) is 0 Å². The fraction of sp³-hybridized carbons (Fsp3) is 0.611. The molecule has 2 atom stereocenters. The molecule has 2 heterocycles. The Balaban J connectivity index is 1.77. The molecule has 0 saturated carbocycles. The number of likely N-dealkylation sites (tertiary alicyclic amines) is 1. The molecule has 2 aliphatic rings. The topological polar surface area (TPSA) is 72.9 Å². The van der Waals surface area contributed by atoms with Crippen molar-refractivity contribution in [1.29, 1.82) is 0 Å². The molecule has 8 heteroatoms. The van der Waals surface area contributed by atoms with E-state index >= 15 is 0 Å². The number of amides is 1. The van der Waals surface area contributed by atoms with E-state index in [0.717, 1.165) is 25.7 Å². The predicted octanol–water partition coefficient (Wildman–Crippen LogP) is 3.16. The van der Waals surface area contributed by atoms with Gasteiger partial charge in [0.2, 0.25) is 12.7 Å². The van der Waals surface area contributed by atoms with Crippen LogP contribution in [0.2, 0.25) is 5.02 Å². The molecule has 1 aromatic rings. The molecule has 6 nitrogen and oxygen atoms in total. The minimum Gasteiger partial charge on any atom is -0.454 e. The Labute approximate surface area is 159 Å². The largest absolute Gasteiger partial charge is 0.454 e. The smallest absolute Gasteiger partial charge is 0.240 e. The van der Waals surface area contributed by atoms with Gasteiger partial charge in [-0.05, 0) is 50.3 Å². The molecule has 0 bridgehead atoms. The molecule has 0 aromatic heterocycles. The van der Waals surface area contributed by atoms with Crippen molar-refractivity contribution in [3.05, 3.63) is 22.7 Å². The molecule has 1 saturated heterocycles. The van der Waals surface area contributed by atoms with Gasteiger partial charge in [0.1, 0.15) is 5.25 Å². The molecule has 1 fully saturated rings. The van der Waals surface area contributed by atoms with Crippen LogP contribution in [-0.4, -0.2) is 43.9 Å². The lowest BCUT2D eigenvalue weighted by molar-refractivity contribution is -0.134. The summed E-state index contributed by atoms with van der Waals surface area (Å²) < 4.78 is 36.2. The van der Waals surface area contributed by atoms with Crippen molar-refractivity contribution < 1.29 is 22.7 Å². The first-order valence-corrected chi connectivity index (χ1v) is 11.0. The van der Waals surface area contributed by atoms with Crippen molar-refractivity contribution in [2.75, 3.05) is 13.3 Å². The van der Waals surface area contributed by atoms with E-state index in [2.05, 4.69) is 0 Å². The highest BCUT2D eigenvalue weighted by Gasteiger charge is 2.35. The lowest BCUT2D eigenvalue weighted by atomic mass is 10.00. The number of carbonyl (C=O) groups excluding carboxylic acids is 1. The number of piperidine rings is 1. The Kier molecular flexibility index (Phi) is 5.67. The Morgan fingerprint density at radius 1 is 1.35 bits per heavy atom. The number of hydrogen-bond donors (Lipinski definition) is 0. The van der Waals surface area contributed by atoms with Crippen molar-refractivity contribution in [3.8, 4) is 11.5 Å². The zero-order valence-electron chi connectivity index (χ0n) is 15.0. The highest BCUT2D eigenvalue weighted by molar-refractivity contribution is 7.92. The Morgan fingerprint density at radius 2 is 2.12 bits per heavy atom. The molecule has 1 amide bonds. The summed E-state index contributed by atoms with van der Waals surface area (Å²) in [6.45, 7) is 4.21. The molecule has 2 unspecified atom stereocenters. The second-order valence-electron chi connectivity index (χ2n) is 6.85. The second kappa shape index (κ2) is 7.64. The van der Waals surface area contributed by atoms with Crippen molar-refractivity contribution >= 4 is 27.3 Å². The zero-order valence-corrected chi connectivity index (χ0v) is 16.6. The highest BCUT2D eigenvalue weighted by Crippen LogP contribution is 2.40.